The molecule has 0 aliphatic rings. The van der Waals surface area contributed by atoms with Gasteiger partial charge in [-0.25, -0.2) is 4.79 Å². The van der Waals surface area contributed by atoms with Crippen LogP contribution in [0.5, 0.6) is 0 Å². The van der Waals surface area contributed by atoms with E-state index >= 15 is 0 Å². The molecule has 0 saturated heterocycles. The summed E-state index contributed by atoms with van der Waals surface area (Å²) in [5.41, 5.74) is -1.76. The number of anilines is 2. The van der Waals surface area contributed by atoms with Crippen LogP contribution >= 0.6 is 0 Å². The monoisotopic (exact) mass is 329 g/mol. The lowest BCUT2D eigenvalue weighted by molar-refractivity contribution is -0.384. The van der Waals surface area contributed by atoms with Crippen LogP contribution in [-0.2, 0) is 5.54 Å². The summed E-state index contributed by atoms with van der Waals surface area (Å²) >= 11 is 0. The third kappa shape index (κ3) is 3.33. The van der Waals surface area contributed by atoms with Crippen molar-refractivity contribution in [1.82, 2.24) is 9.55 Å². The second-order valence-electron chi connectivity index (χ2n) is 6.06. The second kappa shape index (κ2) is 6.00. The van der Waals surface area contributed by atoms with Gasteiger partial charge in [0.15, 0.2) is 0 Å². The summed E-state index contributed by atoms with van der Waals surface area (Å²) in [4.78, 5) is 36.9. The molecule has 9 nitrogen and oxygen atoms in total. The zero-order valence-corrected chi connectivity index (χ0v) is 13.3. The van der Waals surface area contributed by atoms with E-state index in [2.05, 4.69) is 10.3 Å². The average molecular weight is 329 g/mol. The third-order valence-corrected chi connectivity index (χ3v) is 3.21. The Bertz CT molecular complexity index is 928. The maximum Gasteiger partial charge on any atom is 0.330 e. The Morgan fingerprint density at radius 1 is 1.29 bits per heavy atom. The second-order valence-corrected chi connectivity index (χ2v) is 6.06. The van der Waals surface area contributed by atoms with Gasteiger partial charge in [-0.05, 0) is 26.8 Å². The van der Waals surface area contributed by atoms with Gasteiger partial charge in [0.25, 0.3) is 11.2 Å². The van der Waals surface area contributed by atoms with Gasteiger partial charge < -0.3 is 5.32 Å². The molecule has 2 rings (SSSR count). The molecule has 1 heterocycles. The number of hydrogen-bond donors (Lipinski definition) is 2. The predicted molar refractivity (Wildman–Crippen MR) is 87.4 cm³/mol. The quantitative estimate of drug-likeness (QED) is 0.651. The minimum atomic E-state index is -0.686. The van der Waals surface area contributed by atoms with Crippen LogP contribution in [0.3, 0.4) is 0 Å². The topological polar surface area (TPSA) is 134 Å². The van der Waals surface area contributed by atoms with Crippen molar-refractivity contribution in [2.75, 3.05) is 5.32 Å². The fourth-order valence-electron chi connectivity index (χ4n) is 2.19. The van der Waals surface area contributed by atoms with Gasteiger partial charge in [-0.15, -0.1) is 0 Å². The van der Waals surface area contributed by atoms with Crippen molar-refractivity contribution in [3.63, 3.8) is 0 Å². The highest BCUT2D eigenvalue weighted by atomic mass is 16.6. The van der Waals surface area contributed by atoms with Crippen LogP contribution < -0.4 is 16.6 Å². The highest BCUT2D eigenvalue weighted by molar-refractivity contribution is 5.66. The molecular weight excluding hydrogens is 314 g/mol. The van der Waals surface area contributed by atoms with Crippen molar-refractivity contribution in [1.29, 1.82) is 5.26 Å². The molecule has 0 spiro atoms. The van der Waals surface area contributed by atoms with Crippen LogP contribution in [0, 0.1) is 21.4 Å². The van der Waals surface area contributed by atoms with Gasteiger partial charge in [-0.1, -0.05) is 0 Å². The fourth-order valence-corrected chi connectivity index (χ4v) is 2.19. The summed E-state index contributed by atoms with van der Waals surface area (Å²) in [6, 6.07) is 6.69. The number of nitrogens with one attached hydrogen (secondary N) is 2. The Morgan fingerprint density at radius 2 is 1.96 bits per heavy atom. The molecule has 2 N–H and O–H groups in total. The Labute approximate surface area is 136 Å². The van der Waals surface area contributed by atoms with Crippen LogP contribution in [0.1, 0.15) is 26.3 Å². The Hall–Kier alpha value is -3.41. The number of nitro groups is 1. The Kier molecular flexibility index (Phi) is 4.24. The number of nitrogens with zero attached hydrogens (tertiary/aromatic N) is 3. The van der Waals surface area contributed by atoms with E-state index in [1.54, 1.807) is 20.8 Å². The van der Waals surface area contributed by atoms with Crippen molar-refractivity contribution >= 4 is 17.2 Å². The largest absolute Gasteiger partial charge is 0.340 e. The van der Waals surface area contributed by atoms with Gasteiger partial charge in [0.1, 0.15) is 11.9 Å². The number of nitriles is 1. The van der Waals surface area contributed by atoms with E-state index in [9.17, 15) is 19.7 Å². The third-order valence-electron chi connectivity index (χ3n) is 3.21. The standard InChI is InChI=1S/C15H15N5O4/c1-15(2,3)19-13(21)7-12(18-14(19)22)17-11-5-4-10(20(23)24)6-9(11)8-16/h4-7,17H,1-3H3,(H,18,22). The number of non-ortho nitro benzene ring substituents is 1. The molecule has 0 fully saturated rings. The number of rotatable bonds is 3. The molecule has 0 bridgehead atoms. The first kappa shape index (κ1) is 17.0. The molecule has 0 unspecified atom stereocenters. The number of nitro benzene ring substituents is 1. The van der Waals surface area contributed by atoms with E-state index in [4.69, 9.17) is 5.26 Å². The van der Waals surface area contributed by atoms with Gasteiger partial charge in [0, 0.05) is 23.7 Å². The van der Waals surface area contributed by atoms with Crippen LogP contribution in [0.4, 0.5) is 17.2 Å². The maximum absolute atomic E-state index is 12.1. The Morgan fingerprint density at radius 3 is 2.46 bits per heavy atom. The summed E-state index contributed by atoms with van der Waals surface area (Å²) in [5.74, 6) is 0.0934. The molecule has 1 aromatic heterocycles. The summed E-state index contributed by atoms with van der Waals surface area (Å²) < 4.78 is 1.07. The van der Waals surface area contributed by atoms with E-state index in [1.807, 2.05) is 6.07 Å². The maximum atomic E-state index is 12.1. The first-order valence-electron chi connectivity index (χ1n) is 6.96. The summed E-state index contributed by atoms with van der Waals surface area (Å²) in [6.45, 7) is 5.17. The molecule has 0 radical (unpaired) electrons. The van der Waals surface area contributed by atoms with E-state index in [1.165, 1.54) is 18.2 Å². The van der Waals surface area contributed by atoms with Gasteiger partial charge in [0.05, 0.1) is 16.2 Å². The minimum Gasteiger partial charge on any atom is -0.340 e. The summed E-state index contributed by atoms with van der Waals surface area (Å²) in [5, 5.41) is 22.6. The molecule has 9 heteroatoms. The normalized spacial score (nSPS) is 10.9. The fraction of sp³-hybridized carbons (Fsp3) is 0.267. The smallest absolute Gasteiger partial charge is 0.330 e. The van der Waals surface area contributed by atoms with Crippen LogP contribution in [0.25, 0.3) is 0 Å². The molecule has 0 saturated carbocycles. The van der Waals surface area contributed by atoms with Gasteiger partial charge >= 0.3 is 5.69 Å². The molecule has 24 heavy (non-hydrogen) atoms. The van der Waals surface area contributed by atoms with Crippen molar-refractivity contribution in [2.45, 2.75) is 26.3 Å². The zero-order valence-electron chi connectivity index (χ0n) is 13.3. The van der Waals surface area contributed by atoms with Crippen LogP contribution in [-0.4, -0.2) is 14.5 Å². The minimum absolute atomic E-state index is 0.0186. The molecular formula is C15H15N5O4. The first-order chi connectivity index (χ1) is 11.1. The van der Waals surface area contributed by atoms with E-state index < -0.39 is 21.7 Å². The van der Waals surface area contributed by atoms with E-state index in [0.717, 1.165) is 10.6 Å². The zero-order chi connectivity index (χ0) is 18.1. The van der Waals surface area contributed by atoms with E-state index in [0.29, 0.717) is 0 Å². The molecule has 0 atom stereocenters. The lowest BCUT2D eigenvalue weighted by Crippen LogP contribution is -2.44. The number of H-pyrrole nitrogens is 1. The number of aromatic amines is 1. The first-order valence-corrected chi connectivity index (χ1v) is 6.96. The predicted octanol–water partition coefficient (Wildman–Crippen LogP) is 1.82. The molecule has 1 aromatic carbocycles. The van der Waals surface area contributed by atoms with Gasteiger partial charge in [-0.3, -0.25) is 24.5 Å². The molecule has 124 valence electrons. The van der Waals surface area contributed by atoms with Crippen molar-refractivity contribution in [3.05, 3.63) is 60.8 Å². The Balaban J connectivity index is 2.47. The van der Waals surface area contributed by atoms with Crippen molar-refractivity contribution < 1.29 is 4.92 Å². The number of benzene rings is 1. The summed E-state index contributed by atoms with van der Waals surface area (Å²) in [6.07, 6.45) is 0. The van der Waals surface area contributed by atoms with Crippen LogP contribution in [0.15, 0.2) is 33.9 Å². The number of aromatic nitrogens is 2. The average Bonchev–Trinajstić information content (AvgIpc) is 2.45. The highest BCUT2D eigenvalue weighted by Crippen LogP contribution is 2.23. The van der Waals surface area contributed by atoms with Gasteiger partial charge in [-0.2, -0.15) is 5.26 Å². The SMILES string of the molecule is CC(C)(C)n1c(=O)cc(Nc2ccc([N+](=O)[O-])cc2C#N)[nH]c1=O. The van der Waals surface area contributed by atoms with Crippen molar-refractivity contribution in [2.24, 2.45) is 0 Å². The molecule has 0 aliphatic heterocycles. The molecule has 0 aliphatic carbocycles. The lowest BCUT2D eigenvalue weighted by Gasteiger charge is -2.21. The van der Waals surface area contributed by atoms with E-state index in [-0.39, 0.29) is 22.8 Å². The molecule has 0 amide bonds. The molecule has 2 aromatic rings. The number of hydrogen-bond acceptors (Lipinski definition) is 6. The van der Waals surface area contributed by atoms with Crippen molar-refractivity contribution in [3.8, 4) is 6.07 Å². The van der Waals surface area contributed by atoms with Gasteiger partial charge in [0.2, 0.25) is 0 Å². The lowest BCUT2D eigenvalue weighted by atomic mass is 10.1. The summed E-state index contributed by atoms with van der Waals surface area (Å²) in [7, 11) is 0. The highest BCUT2D eigenvalue weighted by Gasteiger charge is 2.19. The van der Waals surface area contributed by atoms with Crippen LogP contribution in [0.2, 0.25) is 0 Å².